The van der Waals surface area contributed by atoms with Gasteiger partial charge >= 0.3 is 0 Å². The smallest absolute Gasteiger partial charge is 0.223 e. The van der Waals surface area contributed by atoms with Gasteiger partial charge in [-0.3, -0.25) is 4.79 Å². The van der Waals surface area contributed by atoms with E-state index in [9.17, 15) is 13.2 Å². The number of nitrogens with zero attached hydrogens (tertiary/aromatic N) is 1. The zero-order valence-corrected chi connectivity index (χ0v) is 12.5. The van der Waals surface area contributed by atoms with E-state index >= 15 is 0 Å². The summed E-state index contributed by atoms with van der Waals surface area (Å²) in [4.78, 5) is 13.9. The van der Waals surface area contributed by atoms with Gasteiger partial charge < -0.3 is 4.90 Å². The molecule has 1 fully saturated rings. The first-order valence-corrected chi connectivity index (χ1v) is 8.60. The van der Waals surface area contributed by atoms with Crippen molar-refractivity contribution in [3.8, 4) is 0 Å². The van der Waals surface area contributed by atoms with Gasteiger partial charge in [0.2, 0.25) is 5.91 Å². The van der Waals surface area contributed by atoms with Gasteiger partial charge in [0.05, 0.1) is 4.90 Å². The maximum absolute atomic E-state index is 11.8. The van der Waals surface area contributed by atoms with Crippen molar-refractivity contribution in [3.05, 3.63) is 29.8 Å². The summed E-state index contributed by atoms with van der Waals surface area (Å²) < 4.78 is 22.7. The molecule has 104 valence electrons. The highest BCUT2D eigenvalue weighted by atomic mass is 32.2. The van der Waals surface area contributed by atoms with Gasteiger partial charge in [-0.15, -0.1) is 0 Å². The van der Waals surface area contributed by atoms with Crippen LogP contribution in [0.2, 0.25) is 0 Å². The molecule has 1 aliphatic heterocycles. The highest BCUT2D eigenvalue weighted by Crippen LogP contribution is 2.21. The molecular weight excluding hydrogens is 282 g/mol. The van der Waals surface area contributed by atoms with Crippen LogP contribution in [0.25, 0.3) is 0 Å². The first-order valence-electron chi connectivity index (χ1n) is 6.08. The second-order valence-corrected chi connectivity index (χ2v) is 7.32. The van der Waals surface area contributed by atoms with E-state index in [1.54, 1.807) is 29.2 Å². The van der Waals surface area contributed by atoms with Crippen molar-refractivity contribution >= 4 is 28.4 Å². The molecule has 1 saturated heterocycles. The Balaban J connectivity index is 2.06. The molecule has 1 heterocycles. The van der Waals surface area contributed by atoms with Crippen molar-refractivity contribution in [3.63, 3.8) is 0 Å². The van der Waals surface area contributed by atoms with Gasteiger partial charge in [-0.25, -0.2) is 8.42 Å². The monoisotopic (exact) mass is 299 g/mol. The lowest BCUT2D eigenvalue weighted by Crippen LogP contribution is -2.24. The molecule has 0 saturated carbocycles. The summed E-state index contributed by atoms with van der Waals surface area (Å²) in [6.07, 6.45) is 1.74. The number of carbonyl (C=O) groups is 1. The van der Waals surface area contributed by atoms with Gasteiger partial charge in [0, 0.05) is 25.8 Å². The first-order chi connectivity index (χ1) is 8.90. The van der Waals surface area contributed by atoms with Crippen LogP contribution in [0.1, 0.15) is 12.0 Å². The Morgan fingerprint density at radius 2 is 1.95 bits per heavy atom. The Bertz CT molecular complexity index is 566. The molecule has 4 nitrogen and oxygen atoms in total. The number of thiol groups is 1. The minimum atomic E-state index is -3.16. The van der Waals surface area contributed by atoms with Crippen LogP contribution in [0.5, 0.6) is 0 Å². The van der Waals surface area contributed by atoms with Crippen LogP contribution in [0, 0.1) is 5.92 Å². The Hall–Kier alpha value is -1.01. The number of hydrogen-bond acceptors (Lipinski definition) is 4. The van der Waals surface area contributed by atoms with Crippen molar-refractivity contribution in [1.29, 1.82) is 0 Å². The molecule has 1 atom stereocenters. The second kappa shape index (κ2) is 5.54. The van der Waals surface area contributed by atoms with Crippen molar-refractivity contribution in [1.82, 2.24) is 4.90 Å². The third kappa shape index (κ3) is 3.51. The zero-order chi connectivity index (χ0) is 14.0. The van der Waals surface area contributed by atoms with E-state index in [2.05, 4.69) is 12.6 Å². The number of sulfone groups is 1. The fourth-order valence-corrected chi connectivity index (χ4v) is 3.07. The summed E-state index contributed by atoms with van der Waals surface area (Å²) in [6.45, 7) is 1.27. The predicted octanol–water partition coefficient (Wildman–Crippen LogP) is 1.37. The van der Waals surface area contributed by atoms with E-state index in [1.165, 1.54) is 6.26 Å². The van der Waals surface area contributed by atoms with Gasteiger partial charge in [-0.05, 0) is 29.4 Å². The van der Waals surface area contributed by atoms with Crippen molar-refractivity contribution in [2.75, 3.05) is 18.6 Å². The minimum Gasteiger partial charge on any atom is -0.338 e. The number of amides is 1. The molecule has 6 heteroatoms. The van der Waals surface area contributed by atoms with Crippen LogP contribution in [-0.4, -0.2) is 37.8 Å². The number of carbonyl (C=O) groups excluding carboxylic acids is 1. The fourth-order valence-electron chi connectivity index (χ4n) is 2.19. The molecule has 0 spiro atoms. The number of benzene rings is 1. The van der Waals surface area contributed by atoms with E-state index in [4.69, 9.17) is 0 Å². The van der Waals surface area contributed by atoms with Crippen molar-refractivity contribution in [2.24, 2.45) is 5.92 Å². The molecule has 2 rings (SSSR count). The number of rotatable bonds is 4. The van der Waals surface area contributed by atoms with Crippen LogP contribution < -0.4 is 0 Å². The molecule has 0 bridgehead atoms. The predicted molar refractivity (Wildman–Crippen MR) is 76.9 cm³/mol. The van der Waals surface area contributed by atoms with E-state index in [-0.39, 0.29) is 5.91 Å². The molecular formula is C13H17NO3S2. The molecule has 1 aliphatic rings. The standard InChI is InChI=1S/C13H17NO3S2/c1-19(16,17)12-4-2-10(3-5-12)7-14-8-11(9-18)6-13(14)15/h2-5,11,18H,6-9H2,1H3. The van der Waals surface area contributed by atoms with E-state index < -0.39 is 9.84 Å². The van der Waals surface area contributed by atoms with E-state index in [0.29, 0.717) is 23.8 Å². The largest absolute Gasteiger partial charge is 0.338 e. The lowest BCUT2D eigenvalue weighted by Gasteiger charge is -2.16. The third-order valence-electron chi connectivity index (χ3n) is 3.28. The second-order valence-electron chi connectivity index (χ2n) is 4.94. The third-order valence-corrected chi connectivity index (χ3v) is 4.92. The SMILES string of the molecule is CS(=O)(=O)c1ccc(CN2CC(CS)CC2=O)cc1. The van der Waals surface area contributed by atoms with Gasteiger partial charge in [0.1, 0.15) is 0 Å². The average molecular weight is 299 g/mol. The molecule has 0 radical (unpaired) electrons. The zero-order valence-electron chi connectivity index (χ0n) is 10.7. The van der Waals surface area contributed by atoms with Crippen LogP contribution in [0.4, 0.5) is 0 Å². The topological polar surface area (TPSA) is 54.5 Å². The fraction of sp³-hybridized carbons (Fsp3) is 0.462. The minimum absolute atomic E-state index is 0.145. The number of hydrogen-bond donors (Lipinski definition) is 1. The van der Waals surface area contributed by atoms with Gasteiger partial charge in [-0.1, -0.05) is 12.1 Å². The maximum atomic E-state index is 11.8. The summed E-state index contributed by atoms with van der Waals surface area (Å²) in [6, 6.07) is 6.69. The molecule has 1 unspecified atom stereocenters. The average Bonchev–Trinajstić information content (AvgIpc) is 2.70. The number of likely N-dealkylation sites (tertiary alicyclic amines) is 1. The van der Waals surface area contributed by atoms with E-state index in [0.717, 1.165) is 17.9 Å². The Kier molecular flexibility index (Phi) is 4.20. The van der Waals surface area contributed by atoms with E-state index in [1.807, 2.05) is 0 Å². The lowest BCUT2D eigenvalue weighted by atomic mass is 10.1. The normalized spacial score (nSPS) is 20.0. The molecule has 0 aromatic heterocycles. The molecule has 19 heavy (non-hydrogen) atoms. The van der Waals surface area contributed by atoms with Crippen LogP contribution in [0.3, 0.4) is 0 Å². The van der Waals surface area contributed by atoms with Gasteiger partial charge in [0.15, 0.2) is 9.84 Å². The molecule has 0 N–H and O–H groups in total. The summed E-state index contributed by atoms with van der Waals surface area (Å²) in [5.74, 6) is 1.19. The summed E-state index contributed by atoms with van der Waals surface area (Å²) in [5.41, 5.74) is 0.945. The first kappa shape index (κ1) is 14.4. The summed E-state index contributed by atoms with van der Waals surface area (Å²) >= 11 is 4.22. The molecule has 1 amide bonds. The van der Waals surface area contributed by atoms with Crippen LogP contribution >= 0.6 is 12.6 Å². The highest BCUT2D eigenvalue weighted by molar-refractivity contribution is 7.90. The summed E-state index contributed by atoms with van der Waals surface area (Å²) in [7, 11) is -3.16. The maximum Gasteiger partial charge on any atom is 0.223 e. The quantitative estimate of drug-likeness (QED) is 0.854. The van der Waals surface area contributed by atoms with Gasteiger partial charge in [0.25, 0.3) is 0 Å². The lowest BCUT2D eigenvalue weighted by molar-refractivity contribution is -0.128. The van der Waals surface area contributed by atoms with Crippen molar-refractivity contribution in [2.45, 2.75) is 17.9 Å². The summed E-state index contributed by atoms with van der Waals surface area (Å²) in [5, 5.41) is 0. The molecule has 1 aromatic carbocycles. The van der Waals surface area contributed by atoms with Crippen LogP contribution in [-0.2, 0) is 21.2 Å². The molecule has 1 aromatic rings. The van der Waals surface area contributed by atoms with Crippen molar-refractivity contribution < 1.29 is 13.2 Å². The Labute approximate surface area is 119 Å². The molecule has 0 aliphatic carbocycles. The van der Waals surface area contributed by atoms with Gasteiger partial charge in [-0.2, -0.15) is 12.6 Å². The Morgan fingerprint density at radius 3 is 2.42 bits per heavy atom. The Morgan fingerprint density at radius 1 is 1.32 bits per heavy atom. The highest BCUT2D eigenvalue weighted by Gasteiger charge is 2.28. The van der Waals surface area contributed by atoms with Crippen LogP contribution in [0.15, 0.2) is 29.2 Å².